The summed E-state index contributed by atoms with van der Waals surface area (Å²) in [7, 11) is 1.37. The van der Waals surface area contributed by atoms with Crippen molar-refractivity contribution >= 4 is 5.97 Å². The number of ether oxygens (including phenoxy) is 1. The van der Waals surface area contributed by atoms with Crippen molar-refractivity contribution in [3.8, 4) is 0 Å². The minimum atomic E-state index is -0.300. The first-order chi connectivity index (χ1) is 5.61. The van der Waals surface area contributed by atoms with Gasteiger partial charge in [-0.3, -0.25) is 0 Å². The topological polar surface area (TPSA) is 26.3 Å². The van der Waals surface area contributed by atoms with Gasteiger partial charge in [-0.05, 0) is 19.8 Å². The second-order valence-corrected chi connectivity index (χ2v) is 2.70. The molecule has 0 N–H and O–H groups in total. The number of carbonyl (C=O) groups excluding carboxylic acids is 1. The van der Waals surface area contributed by atoms with Crippen LogP contribution in [-0.2, 0) is 9.53 Å². The Balaban J connectivity index is 4.08. The van der Waals surface area contributed by atoms with E-state index in [1.165, 1.54) is 18.8 Å². The number of carbonyl (C=O) groups is 1. The summed E-state index contributed by atoms with van der Waals surface area (Å²) in [6.07, 6.45) is 5.32. The van der Waals surface area contributed by atoms with Gasteiger partial charge in [-0.1, -0.05) is 24.6 Å². The van der Waals surface area contributed by atoms with Crippen LogP contribution in [0.2, 0.25) is 0 Å². The van der Waals surface area contributed by atoms with Gasteiger partial charge in [-0.15, -0.1) is 0 Å². The van der Waals surface area contributed by atoms with Crippen molar-refractivity contribution in [2.24, 2.45) is 5.92 Å². The Morgan fingerprint density at radius 3 is 2.50 bits per heavy atom. The molecule has 0 aromatic heterocycles. The molecule has 0 aromatic carbocycles. The van der Waals surface area contributed by atoms with Gasteiger partial charge in [0.15, 0.2) is 0 Å². The third-order valence-electron chi connectivity index (χ3n) is 1.90. The maximum atomic E-state index is 10.7. The molecular weight excluding hydrogens is 152 g/mol. The Bertz CT molecular complexity index is 202. The van der Waals surface area contributed by atoms with Gasteiger partial charge in [0, 0.05) is 6.08 Å². The molecular formula is C10H16O2. The van der Waals surface area contributed by atoms with Gasteiger partial charge in [-0.25, -0.2) is 4.79 Å². The van der Waals surface area contributed by atoms with Crippen LogP contribution in [0.4, 0.5) is 0 Å². The zero-order chi connectivity index (χ0) is 9.56. The average molecular weight is 168 g/mol. The number of esters is 1. The van der Waals surface area contributed by atoms with Crippen LogP contribution in [0.15, 0.2) is 23.8 Å². The van der Waals surface area contributed by atoms with E-state index in [1.807, 2.05) is 32.9 Å². The van der Waals surface area contributed by atoms with E-state index < -0.39 is 0 Å². The van der Waals surface area contributed by atoms with Gasteiger partial charge in [0.1, 0.15) is 0 Å². The van der Waals surface area contributed by atoms with Crippen molar-refractivity contribution in [3.05, 3.63) is 23.8 Å². The normalized spacial score (nSPS) is 14.8. The highest BCUT2D eigenvalue weighted by atomic mass is 16.5. The molecule has 0 bridgehead atoms. The van der Waals surface area contributed by atoms with Crippen molar-refractivity contribution in [1.82, 2.24) is 0 Å². The van der Waals surface area contributed by atoms with E-state index in [0.717, 1.165) is 0 Å². The van der Waals surface area contributed by atoms with Crippen molar-refractivity contribution in [2.75, 3.05) is 7.11 Å². The molecule has 0 aliphatic rings. The molecule has 0 aromatic rings. The molecule has 1 unspecified atom stereocenters. The van der Waals surface area contributed by atoms with Crippen molar-refractivity contribution < 1.29 is 9.53 Å². The van der Waals surface area contributed by atoms with E-state index in [0.29, 0.717) is 5.92 Å². The first-order valence-electron chi connectivity index (χ1n) is 4.00. The summed E-state index contributed by atoms with van der Waals surface area (Å²) in [5.74, 6) is -0.000136. The predicted molar refractivity (Wildman–Crippen MR) is 49.8 cm³/mol. The molecule has 12 heavy (non-hydrogen) atoms. The van der Waals surface area contributed by atoms with Gasteiger partial charge >= 0.3 is 5.97 Å². The summed E-state index contributed by atoms with van der Waals surface area (Å²) in [6, 6.07) is 0. The number of rotatable bonds is 3. The average Bonchev–Trinajstić information content (AvgIpc) is 2.11. The fourth-order valence-corrected chi connectivity index (χ4v) is 0.706. The van der Waals surface area contributed by atoms with Crippen LogP contribution in [0, 0.1) is 5.92 Å². The molecule has 2 heteroatoms. The zero-order valence-electron chi connectivity index (χ0n) is 8.13. The molecule has 0 fully saturated rings. The lowest BCUT2D eigenvalue weighted by Crippen LogP contribution is -1.97. The van der Waals surface area contributed by atoms with Crippen LogP contribution in [0.25, 0.3) is 0 Å². The summed E-state index contributed by atoms with van der Waals surface area (Å²) in [5, 5.41) is 0. The molecule has 0 aliphatic heterocycles. The molecule has 0 saturated carbocycles. The highest BCUT2D eigenvalue weighted by Gasteiger charge is 1.99. The smallest absolute Gasteiger partial charge is 0.330 e. The van der Waals surface area contributed by atoms with E-state index in [4.69, 9.17) is 0 Å². The quantitative estimate of drug-likeness (QED) is 0.367. The van der Waals surface area contributed by atoms with Gasteiger partial charge in [0.05, 0.1) is 7.11 Å². The maximum absolute atomic E-state index is 10.7. The van der Waals surface area contributed by atoms with Gasteiger partial charge in [-0.2, -0.15) is 0 Å². The fourth-order valence-electron chi connectivity index (χ4n) is 0.706. The summed E-state index contributed by atoms with van der Waals surface area (Å²) < 4.78 is 4.47. The van der Waals surface area contributed by atoms with Crippen LogP contribution in [0.3, 0.4) is 0 Å². The number of hydrogen-bond acceptors (Lipinski definition) is 2. The molecule has 0 radical (unpaired) electrons. The predicted octanol–water partition coefficient (Wildman–Crippen LogP) is 2.32. The van der Waals surface area contributed by atoms with Crippen molar-refractivity contribution in [1.29, 1.82) is 0 Å². The number of allylic oxidation sites excluding steroid dienone is 3. The molecule has 2 nitrogen and oxygen atoms in total. The molecule has 68 valence electrons. The van der Waals surface area contributed by atoms with E-state index in [2.05, 4.69) is 4.74 Å². The third kappa shape index (κ3) is 3.96. The molecule has 0 rings (SSSR count). The van der Waals surface area contributed by atoms with Crippen molar-refractivity contribution in [2.45, 2.75) is 20.8 Å². The highest BCUT2D eigenvalue weighted by molar-refractivity contribution is 5.81. The number of methoxy groups -OCH3 is 1. The molecule has 0 spiro atoms. The lowest BCUT2D eigenvalue weighted by atomic mass is 10.0. The number of hydrogen-bond donors (Lipinski definition) is 0. The lowest BCUT2D eigenvalue weighted by molar-refractivity contribution is -0.134. The molecule has 0 aliphatic carbocycles. The zero-order valence-corrected chi connectivity index (χ0v) is 8.13. The minimum Gasteiger partial charge on any atom is -0.466 e. The third-order valence-corrected chi connectivity index (χ3v) is 1.90. The van der Waals surface area contributed by atoms with Crippen LogP contribution in [0.5, 0.6) is 0 Å². The second-order valence-electron chi connectivity index (χ2n) is 2.70. The minimum absolute atomic E-state index is 0.300. The van der Waals surface area contributed by atoms with Crippen LogP contribution in [-0.4, -0.2) is 13.1 Å². The van der Waals surface area contributed by atoms with E-state index in [-0.39, 0.29) is 5.97 Å². The summed E-state index contributed by atoms with van der Waals surface area (Å²) in [5.41, 5.74) is 1.25. The summed E-state index contributed by atoms with van der Waals surface area (Å²) in [4.78, 5) is 10.7. The standard InChI is InChI=1S/C10H16O2/c1-5-8(2)9(3)6-7-10(11)12-4/h5-7,9H,1-4H3/b7-6+,8-5-. The van der Waals surface area contributed by atoms with E-state index >= 15 is 0 Å². The fraction of sp³-hybridized carbons (Fsp3) is 0.500. The lowest BCUT2D eigenvalue weighted by Gasteiger charge is -2.04. The van der Waals surface area contributed by atoms with Crippen LogP contribution in [0.1, 0.15) is 20.8 Å². The van der Waals surface area contributed by atoms with Crippen molar-refractivity contribution in [3.63, 3.8) is 0 Å². The maximum Gasteiger partial charge on any atom is 0.330 e. The van der Waals surface area contributed by atoms with E-state index in [1.54, 1.807) is 0 Å². The van der Waals surface area contributed by atoms with Gasteiger partial charge in [0.2, 0.25) is 0 Å². The Morgan fingerprint density at radius 2 is 2.08 bits per heavy atom. The Hall–Kier alpha value is -1.05. The summed E-state index contributed by atoms with van der Waals surface area (Å²) in [6.45, 7) is 6.05. The van der Waals surface area contributed by atoms with Crippen LogP contribution < -0.4 is 0 Å². The first-order valence-corrected chi connectivity index (χ1v) is 4.00. The molecule has 0 saturated heterocycles. The SMILES string of the molecule is C/C=C(/C)C(C)/C=C/C(=O)OC. The van der Waals surface area contributed by atoms with Gasteiger partial charge in [0.25, 0.3) is 0 Å². The highest BCUT2D eigenvalue weighted by Crippen LogP contribution is 2.10. The Labute approximate surface area is 73.9 Å². The van der Waals surface area contributed by atoms with E-state index in [9.17, 15) is 4.79 Å². The Morgan fingerprint density at radius 1 is 1.50 bits per heavy atom. The second kappa shape index (κ2) is 5.58. The Kier molecular flexibility index (Phi) is 5.09. The monoisotopic (exact) mass is 168 g/mol. The van der Waals surface area contributed by atoms with Gasteiger partial charge < -0.3 is 4.74 Å². The molecule has 0 amide bonds. The molecule has 1 atom stereocenters. The largest absolute Gasteiger partial charge is 0.466 e. The van der Waals surface area contributed by atoms with Crippen LogP contribution >= 0.6 is 0 Å². The molecule has 0 heterocycles. The summed E-state index contributed by atoms with van der Waals surface area (Å²) >= 11 is 0. The first kappa shape index (κ1) is 11.0.